The van der Waals surface area contributed by atoms with Gasteiger partial charge in [-0.2, -0.15) is 0 Å². The summed E-state index contributed by atoms with van der Waals surface area (Å²) in [6, 6.07) is 16.0. The molecule has 8 N–H and O–H groups in total. The van der Waals surface area contributed by atoms with Crippen molar-refractivity contribution in [3.8, 4) is 0 Å². The number of nitrogens with zero attached hydrogens (tertiary/aromatic N) is 3. The summed E-state index contributed by atoms with van der Waals surface area (Å²) < 4.78 is 0. The molecule has 49 heavy (non-hydrogen) atoms. The normalized spacial score (nSPS) is 11.8. The highest BCUT2D eigenvalue weighted by Gasteiger charge is 2.20. The Labute approximate surface area is 283 Å². The molecule has 0 aliphatic carbocycles. The Balaban J connectivity index is 1.88. The molecule has 0 bridgehead atoms. The summed E-state index contributed by atoms with van der Waals surface area (Å²) in [6.07, 6.45) is 1.11. The van der Waals surface area contributed by atoms with Crippen molar-refractivity contribution >= 4 is 35.7 Å². The Hall–Kier alpha value is -4.94. The van der Waals surface area contributed by atoms with Gasteiger partial charge in [-0.15, -0.1) is 0 Å². The largest absolute Gasteiger partial charge is 0.480 e. The molecule has 2 aromatic rings. The van der Waals surface area contributed by atoms with Crippen molar-refractivity contribution in [3.05, 3.63) is 71.3 Å². The van der Waals surface area contributed by atoms with Crippen LogP contribution in [-0.2, 0) is 53.2 Å². The number of hydrogen-bond acceptors (Lipinski definition) is 11. The fraction of sp³-hybridized carbons (Fsp3) is 0.438. The maximum absolute atomic E-state index is 12.9. The molecule has 0 aliphatic rings. The summed E-state index contributed by atoms with van der Waals surface area (Å²) in [7, 11) is 0. The average molecular weight is 689 g/mol. The second kappa shape index (κ2) is 21.8. The SMILES string of the molecule is NC(CCc1ccccc1)C(=O)NOCc1ccc(CNC(=O)CN(CCN(CC(=O)O)CC(=O)O)CCN(CC(=O)O)CC(=O)O)cc1. The van der Waals surface area contributed by atoms with E-state index in [0.29, 0.717) is 12.8 Å². The first-order chi connectivity index (χ1) is 23.3. The molecule has 0 heterocycles. The second-order valence-electron chi connectivity index (χ2n) is 11.3. The highest BCUT2D eigenvalue weighted by atomic mass is 16.6. The van der Waals surface area contributed by atoms with E-state index < -0.39 is 67.9 Å². The van der Waals surface area contributed by atoms with Crippen molar-refractivity contribution < 1.29 is 54.0 Å². The second-order valence-corrected chi connectivity index (χ2v) is 11.3. The minimum Gasteiger partial charge on any atom is -0.480 e. The van der Waals surface area contributed by atoms with E-state index in [2.05, 4.69) is 10.8 Å². The molecule has 2 amide bonds. The molecule has 0 aliphatic heterocycles. The first-order valence-corrected chi connectivity index (χ1v) is 15.4. The fourth-order valence-electron chi connectivity index (χ4n) is 4.61. The predicted molar refractivity (Wildman–Crippen MR) is 174 cm³/mol. The lowest BCUT2D eigenvalue weighted by molar-refractivity contribution is -0.143. The summed E-state index contributed by atoms with van der Waals surface area (Å²) in [5.74, 6) is -5.80. The van der Waals surface area contributed by atoms with E-state index in [1.54, 1.807) is 29.2 Å². The van der Waals surface area contributed by atoms with Gasteiger partial charge in [-0.25, -0.2) is 5.48 Å². The Morgan fingerprint density at radius 3 is 1.59 bits per heavy atom. The number of nitrogens with one attached hydrogen (secondary N) is 2. The number of carbonyl (C=O) groups is 6. The number of benzene rings is 2. The number of carbonyl (C=O) groups excluding carboxylic acids is 2. The molecule has 0 fully saturated rings. The van der Waals surface area contributed by atoms with Crippen molar-refractivity contribution in [2.24, 2.45) is 5.73 Å². The molecule has 2 aromatic carbocycles. The quantitative estimate of drug-likeness (QED) is 0.0622. The third kappa shape index (κ3) is 18.3. The van der Waals surface area contributed by atoms with E-state index >= 15 is 0 Å². The van der Waals surface area contributed by atoms with Crippen LogP contribution < -0.4 is 16.5 Å². The number of carboxylic acids is 4. The molecule has 0 radical (unpaired) electrons. The number of nitrogens with two attached hydrogens (primary N) is 1. The average Bonchev–Trinajstić information content (AvgIpc) is 3.03. The van der Waals surface area contributed by atoms with Crippen LogP contribution in [0.2, 0.25) is 0 Å². The molecule has 0 aromatic heterocycles. The van der Waals surface area contributed by atoms with Gasteiger partial charge < -0.3 is 31.5 Å². The zero-order chi connectivity index (χ0) is 36.2. The maximum atomic E-state index is 12.9. The van der Waals surface area contributed by atoms with Crippen molar-refractivity contribution in [1.82, 2.24) is 25.5 Å². The monoisotopic (exact) mass is 688 g/mol. The number of aryl methyl sites for hydroxylation is 1. The Morgan fingerprint density at radius 2 is 1.10 bits per heavy atom. The van der Waals surface area contributed by atoms with E-state index in [1.807, 2.05) is 30.3 Å². The number of amides is 2. The molecule has 2 rings (SSSR count). The lowest BCUT2D eigenvalue weighted by Gasteiger charge is -2.28. The van der Waals surface area contributed by atoms with E-state index in [-0.39, 0.29) is 45.9 Å². The molecule has 17 heteroatoms. The first kappa shape index (κ1) is 40.2. The van der Waals surface area contributed by atoms with Crippen LogP contribution in [0.4, 0.5) is 0 Å². The summed E-state index contributed by atoms with van der Waals surface area (Å²) in [4.78, 5) is 79.0. The molecular formula is C32H44N6O11. The summed E-state index contributed by atoms with van der Waals surface area (Å²) in [5.41, 5.74) is 10.9. The van der Waals surface area contributed by atoms with Gasteiger partial charge in [0.2, 0.25) is 5.91 Å². The number of aliphatic carboxylic acids is 4. The maximum Gasteiger partial charge on any atom is 0.317 e. The zero-order valence-corrected chi connectivity index (χ0v) is 27.0. The van der Waals surface area contributed by atoms with E-state index in [9.17, 15) is 28.8 Å². The van der Waals surface area contributed by atoms with Gasteiger partial charge >= 0.3 is 23.9 Å². The van der Waals surface area contributed by atoms with Crippen molar-refractivity contribution in [2.75, 3.05) is 58.9 Å². The fourth-order valence-corrected chi connectivity index (χ4v) is 4.61. The topological polar surface area (TPSA) is 252 Å². The molecular weight excluding hydrogens is 644 g/mol. The zero-order valence-electron chi connectivity index (χ0n) is 27.0. The van der Waals surface area contributed by atoms with Crippen LogP contribution >= 0.6 is 0 Å². The molecule has 1 unspecified atom stereocenters. The highest BCUT2D eigenvalue weighted by Crippen LogP contribution is 2.07. The van der Waals surface area contributed by atoms with Gasteiger partial charge in [0.15, 0.2) is 0 Å². The summed E-state index contributed by atoms with van der Waals surface area (Å²) in [5, 5.41) is 39.3. The van der Waals surface area contributed by atoms with Crippen molar-refractivity contribution in [2.45, 2.75) is 32.0 Å². The van der Waals surface area contributed by atoms with E-state index in [4.69, 9.17) is 31.0 Å². The molecule has 0 saturated carbocycles. The molecule has 0 spiro atoms. The van der Waals surface area contributed by atoms with Crippen molar-refractivity contribution in [3.63, 3.8) is 0 Å². The van der Waals surface area contributed by atoms with Crippen LogP contribution in [-0.4, -0.2) is 136 Å². The van der Waals surface area contributed by atoms with Gasteiger partial charge in [-0.05, 0) is 29.5 Å². The minimum atomic E-state index is -1.24. The molecule has 268 valence electrons. The minimum absolute atomic E-state index is 0.0344. The predicted octanol–water partition coefficient (Wildman–Crippen LogP) is -0.945. The third-order valence-electron chi connectivity index (χ3n) is 7.12. The Bertz CT molecular complexity index is 1310. The number of carboxylic acid groups (broad SMARTS) is 4. The van der Waals surface area contributed by atoms with Crippen LogP contribution in [0.25, 0.3) is 0 Å². The molecule has 17 nitrogen and oxygen atoms in total. The standard InChI is InChI=1S/C32H44N6O11/c33-26(11-10-23-4-2-1-3-5-23)32(48)35-49-22-25-8-6-24(7-9-25)16-34-27(39)17-36(12-14-37(18-28(40)41)19-29(42)43)13-15-38(20-30(44)45)21-31(46)47/h1-9,26H,10-22,33H2,(H,34,39)(H,35,48)(H,40,41)(H,42,43)(H,44,45)(H,46,47). The van der Waals surface area contributed by atoms with Gasteiger partial charge in [0.05, 0.1) is 45.4 Å². The lowest BCUT2D eigenvalue weighted by atomic mass is 10.1. The van der Waals surface area contributed by atoms with E-state index in [1.165, 1.54) is 9.80 Å². The van der Waals surface area contributed by atoms with Gasteiger partial charge in [0.1, 0.15) is 0 Å². The van der Waals surface area contributed by atoms with Crippen LogP contribution in [0, 0.1) is 0 Å². The van der Waals surface area contributed by atoms with Gasteiger partial charge in [-0.1, -0.05) is 54.6 Å². The van der Waals surface area contributed by atoms with Crippen LogP contribution in [0.1, 0.15) is 23.1 Å². The highest BCUT2D eigenvalue weighted by molar-refractivity contribution is 5.80. The molecule has 0 saturated heterocycles. The summed E-state index contributed by atoms with van der Waals surface area (Å²) in [6.45, 7) is -2.15. The number of hydroxylamine groups is 1. The Kier molecular flexibility index (Phi) is 17.9. The molecule has 1 atom stereocenters. The first-order valence-electron chi connectivity index (χ1n) is 15.4. The smallest absolute Gasteiger partial charge is 0.317 e. The number of hydrogen-bond donors (Lipinski definition) is 7. The summed E-state index contributed by atoms with van der Waals surface area (Å²) >= 11 is 0. The van der Waals surface area contributed by atoms with Gasteiger partial charge in [-0.3, -0.25) is 48.3 Å². The van der Waals surface area contributed by atoms with E-state index in [0.717, 1.165) is 16.7 Å². The Morgan fingerprint density at radius 1 is 0.633 bits per heavy atom. The lowest BCUT2D eigenvalue weighted by Crippen LogP contribution is -2.47. The van der Waals surface area contributed by atoms with Gasteiger partial charge in [0, 0.05) is 32.7 Å². The van der Waals surface area contributed by atoms with Crippen LogP contribution in [0.3, 0.4) is 0 Å². The number of rotatable bonds is 25. The van der Waals surface area contributed by atoms with Crippen LogP contribution in [0.15, 0.2) is 54.6 Å². The van der Waals surface area contributed by atoms with Crippen molar-refractivity contribution in [1.29, 1.82) is 0 Å². The van der Waals surface area contributed by atoms with Crippen LogP contribution in [0.5, 0.6) is 0 Å². The van der Waals surface area contributed by atoms with Gasteiger partial charge in [0.25, 0.3) is 5.91 Å². The third-order valence-corrected chi connectivity index (χ3v) is 7.12.